The van der Waals surface area contributed by atoms with Crippen molar-refractivity contribution in [2.24, 2.45) is 17.8 Å². The van der Waals surface area contributed by atoms with Crippen LogP contribution in [0.1, 0.15) is 36.9 Å². The summed E-state index contributed by atoms with van der Waals surface area (Å²) in [5.41, 5.74) is 2.45. The maximum Gasteiger partial charge on any atom is 0.226 e. The molecule has 1 aromatic carbocycles. The van der Waals surface area contributed by atoms with Gasteiger partial charge in [-0.05, 0) is 54.2 Å². The van der Waals surface area contributed by atoms with Gasteiger partial charge in [-0.15, -0.1) is 0 Å². The fourth-order valence-electron chi connectivity index (χ4n) is 5.02. The molecule has 3 aromatic rings. The van der Waals surface area contributed by atoms with Crippen LogP contribution in [0.25, 0.3) is 11.2 Å². The molecule has 29 heavy (non-hydrogen) atoms. The van der Waals surface area contributed by atoms with Gasteiger partial charge in [0.05, 0.1) is 24.5 Å². The van der Waals surface area contributed by atoms with E-state index in [4.69, 9.17) is 11.6 Å². The van der Waals surface area contributed by atoms with Gasteiger partial charge in [-0.3, -0.25) is 0 Å². The first-order valence-corrected chi connectivity index (χ1v) is 10.6. The Kier molecular flexibility index (Phi) is 3.88. The highest BCUT2D eigenvalue weighted by atomic mass is 35.5. The largest absolute Gasteiger partial charge is 0.390 e. The van der Waals surface area contributed by atoms with Gasteiger partial charge in [0.2, 0.25) is 5.28 Å². The normalized spacial score (nSPS) is 31.6. The molecule has 3 fully saturated rings. The Labute approximate surface area is 172 Å². The molecular weight excluding hydrogens is 390 g/mol. The van der Waals surface area contributed by atoms with Gasteiger partial charge < -0.3 is 20.1 Å². The van der Waals surface area contributed by atoms with Crippen LogP contribution in [-0.2, 0) is 0 Å². The van der Waals surface area contributed by atoms with Crippen LogP contribution in [-0.4, -0.2) is 41.9 Å². The number of benzene rings is 1. The van der Waals surface area contributed by atoms with Gasteiger partial charge >= 0.3 is 0 Å². The van der Waals surface area contributed by atoms with E-state index in [9.17, 15) is 10.2 Å². The second kappa shape index (κ2) is 6.39. The van der Waals surface area contributed by atoms with E-state index in [2.05, 4.69) is 32.4 Å². The highest BCUT2D eigenvalue weighted by Crippen LogP contribution is 2.58. The van der Waals surface area contributed by atoms with Gasteiger partial charge in [0.1, 0.15) is 6.10 Å². The van der Waals surface area contributed by atoms with Crippen molar-refractivity contribution in [2.75, 3.05) is 5.32 Å². The summed E-state index contributed by atoms with van der Waals surface area (Å²) in [6, 6.07) is 10.3. The number of hydrogen-bond donors (Lipinski definition) is 3. The molecular formula is C21H22ClN5O2. The third-order valence-electron chi connectivity index (χ3n) is 6.73. The number of imidazole rings is 1. The van der Waals surface area contributed by atoms with Gasteiger partial charge in [-0.25, -0.2) is 4.98 Å². The number of aliphatic hydroxyl groups is 2. The summed E-state index contributed by atoms with van der Waals surface area (Å²) >= 11 is 6.28. The summed E-state index contributed by atoms with van der Waals surface area (Å²) in [6.45, 7) is 0. The minimum Gasteiger partial charge on any atom is -0.390 e. The first kappa shape index (κ1) is 17.6. The van der Waals surface area contributed by atoms with Crippen LogP contribution in [0.4, 0.5) is 5.82 Å². The molecule has 0 amide bonds. The predicted octanol–water partition coefficient (Wildman–Crippen LogP) is 2.96. The Balaban J connectivity index is 1.40. The van der Waals surface area contributed by atoms with Crippen LogP contribution >= 0.6 is 11.6 Å². The molecule has 150 valence electrons. The number of anilines is 1. The number of nitrogens with one attached hydrogen (secondary N) is 1. The van der Waals surface area contributed by atoms with Crippen molar-refractivity contribution in [3.05, 3.63) is 47.5 Å². The standard InChI is InChI=1S/C21H22ClN5O2/c22-21-25-19(24-14(11-6-7-11)10-4-2-1-3-5-10)15-20(26-21)27(9-23-15)16-12-8-13(12)17(28)18(16)29/h1-5,9,11-14,16-18,28-29H,6-8H2,(H,24,25,26)/t12-,13+,14-,16+,17+,18-/m0/s1. The maximum atomic E-state index is 10.5. The van der Waals surface area contributed by atoms with Gasteiger partial charge in [-0.1, -0.05) is 30.3 Å². The lowest BCUT2D eigenvalue weighted by Gasteiger charge is -2.22. The molecule has 7 nitrogen and oxygen atoms in total. The second-order valence-electron chi connectivity index (χ2n) is 8.57. The molecule has 0 unspecified atom stereocenters. The number of aliphatic hydroxyl groups excluding tert-OH is 2. The Bertz CT molecular complexity index is 1070. The first-order valence-electron chi connectivity index (χ1n) is 10.2. The zero-order valence-corrected chi connectivity index (χ0v) is 16.4. The van der Waals surface area contributed by atoms with Crippen molar-refractivity contribution >= 4 is 28.6 Å². The summed E-state index contributed by atoms with van der Waals surface area (Å²) in [4.78, 5) is 13.4. The van der Waals surface area contributed by atoms with Crippen LogP contribution in [0, 0.1) is 17.8 Å². The predicted molar refractivity (Wildman–Crippen MR) is 109 cm³/mol. The van der Waals surface area contributed by atoms with Crippen molar-refractivity contribution in [1.29, 1.82) is 0 Å². The Morgan fingerprint density at radius 3 is 2.55 bits per heavy atom. The molecule has 0 bridgehead atoms. The monoisotopic (exact) mass is 411 g/mol. The number of halogens is 1. The summed E-state index contributed by atoms with van der Waals surface area (Å²) < 4.78 is 1.87. The van der Waals surface area contributed by atoms with E-state index in [1.807, 2.05) is 22.8 Å². The molecule has 3 aliphatic rings. The maximum absolute atomic E-state index is 10.5. The van der Waals surface area contributed by atoms with E-state index in [1.54, 1.807) is 6.33 Å². The minimum absolute atomic E-state index is 0.141. The molecule has 6 atom stereocenters. The Hall–Kier alpha value is -2.22. The first-order chi connectivity index (χ1) is 14.1. The fourth-order valence-corrected chi connectivity index (χ4v) is 5.18. The van der Waals surface area contributed by atoms with E-state index in [0.717, 1.165) is 6.42 Å². The van der Waals surface area contributed by atoms with Crippen molar-refractivity contribution in [1.82, 2.24) is 19.5 Å². The zero-order chi connectivity index (χ0) is 19.7. The molecule has 2 heterocycles. The molecule has 8 heteroatoms. The average Bonchev–Trinajstić information content (AvgIpc) is 3.63. The number of fused-ring (bicyclic) bond motifs is 2. The average molecular weight is 412 g/mol. The SMILES string of the molecule is O[C@@H]1[C@H](O)[C@@H]2C[C@@H]2[C@H]1n1cnc2c(N[C@@H](c3ccccc3)C3CC3)nc(Cl)nc21. The highest BCUT2D eigenvalue weighted by molar-refractivity contribution is 6.28. The van der Waals surface area contributed by atoms with Gasteiger partial charge in [0.15, 0.2) is 17.0 Å². The van der Waals surface area contributed by atoms with E-state index in [1.165, 1.54) is 18.4 Å². The van der Waals surface area contributed by atoms with Crippen LogP contribution in [0.5, 0.6) is 0 Å². The number of hydrogen-bond acceptors (Lipinski definition) is 6. The van der Waals surface area contributed by atoms with Crippen molar-refractivity contribution in [3.8, 4) is 0 Å². The van der Waals surface area contributed by atoms with Crippen LogP contribution in [0.15, 0.2) is 36.7 Å². The Morgan fingerprint density at radius 1 is 1.07 bits per heavy atom. The minimum atomic E-state index is -0.815. The fraction of sp³-hybridized carbons (Fsp3) is 0.476. The van der Waals surface area contributed by atoms with Crippen molar-refractivity contribution in [2.45, 2.75) is 43.6 Å². The summed E-state index contributed by atoms with van der Waals surface area (Å²) in [6.07, 6.45) is 3.47. The van der Waals surface area contributed by atoms with E-state index in [-0.39, 0.29) is 29.2 Å². The molecule has 0 spiro atoms. The molecule has 3 aliphatic carbocycles. The number of nitrogens with zero attached hydrogens (tertiary/aromatic N) is 4. The van der Waals surface area contributed by atoms with Crippen LogP contribution in [0.2, 0.25) is 5.28 Å². The van der Waals surface area contributed by atoms with E-state index in [0.29, 0.717) is 22.9 Å². The summed E-state index contributed by atoms with van der Waals surface area (Å²) in [5, 5.41) is 24.4. The van der Waals surface area contributed by atoms with Gasteiger partial charge in [-0.2, -0.15) is 9.97 Å². The summed E-state index contributed by atoms with van der Waals surface area (Å²) in [5.74, 6) is 1.59. The lowest BCUT2D eigenvalue weighted by molar-refractivity contribution is 0.00386. The molecule has 6 rings (SSSR count). The molecule has 0 radical (unpaired) electrons. The topological polar surface area (TPSA) is 96.1 Å². The lowest BCUT2D eigenvalue weighted by atomic mass is 10.0. The zero-order valence-electron chi connectivity index (χ0n) is 15.7. The number of rotatable bonds is 5. The Morgan fingerprint density at radius 2 is 1.86 bits per heavy atom. The third kappa shape index (κ3) is 2.83. The number of aromatic nitrogens is 4. The molecule has 0 aliphatic heterocycles. The lowest BCUT2D eigenvalue weighted by Crippen LogP contribution is -2.31. The van der Waals surface area contributed by atoms with E-state index >= 15 is 0 Å². The third-order valence-corrected chi connectivity index (χ3v) is 6.90. The molecule has 2 aromatic heterocycles. The van der Waals surface area contributed by atoms with Crippen LogP contribution in [0.3, 0.4) is 0 Å². The summed E-state index contributed by atoms with van der Waals surface area (Å²) in [7, 11) is 0. The second-order valence-corrected chi connectivity index (χ2v) is 8.91. The smallest absolute Gasteiger partial charge is 0.226 e. The van der Waals surface area contributed by atoms with Gasteiger partial charge in [0, 0.05) is 0 Å². The van der Waals surface area contributed by atoms with E-state index < -0.39 is 12.2 Å². The molecule has 3 N–H and O–H groups in total. The van der Waals surface area contributed by atoms with Crippen molar-refractivity contribution < 1.29 is 10.2 Å². The van der Waals surface area contributed by atoms with Crippen LogP contribution < -0.4 is 5.32 Å². The molecule has 3 saturated carbocycles. The van der Waals surface area contributed by atoms with Crippen molar-refractivity contribution in [3.63, 3.8) is 0 Å². The van der Waals surface area contributed by atoms with Gasteiger partial charge in [0.25, 0.3) is 0 Å². The quantitative estimate of drug-likeness (QED) is 0.558. The molecule has 0 saturated heterocycles. The highest BCUT2D eigenvalue weighted by Gasteiger charge is 2.60.